The zero-order valence-electron chi connectivity index (χ0n) is 19.5. The van der Waals surface area contributed by atoms with Crippen molar-refractivity contribution >= 4 is 17.3 Å². The van der Waals surface area contributed by atoms with Crippen LogP contribution in [0.1, 0.15) is 23.6 Å². The number of hydrazone groups is 1. The second-order valence-electron chi connectivity index (χ2n) is 8.76. The van der Waals surface area contributed by atoms with Gasteiger partial charge >= 0.3 is 0 Å². The van der Waals surface area contributed by atoms with Crippen LogP contribution in [0.15, 0.2) is 102 Å². The topological polar surface area (TPSA) is 53.9 Å². The fraction of sp³-hybridized carbons (Fsp3) is 0.207. The van der Waals surface area contributed by atoms with Gasteiger partial charge in [-0.2, -0.15) is 5.10 Å². The summed E-state index contributed by atoms with van der Waals surface area (Å²) >= 11 is 0. The molecule has 174 valence electrons. The van der Waals surface area contributed by atoms with Crippen LogP contribution in [0.3, 0.4) is 0 Å². The van der Waals surface area contributed by atoms with Crippen molar-refractivity contribution in [1.82, 2.24) is 9.97 Å². The van der Waals surface area contributed by atoms with Crippen molar-refractivity contribution in [2.45, 2.75) is 12.5 Å². The highest BCUT2D eigenvalue weighted by Gasteiger charge is 2.31. The monoisotopic (exact) mass is 461 g/mol. The molecule has 0 bridgehead atoms. The minimum atomic E-state index is 0.0578. The number of aromatic nitrogens is 2. The van der Waals surface area contributed by atoms with Crippen molar-refractivity contribution in [3.8, 4) is 11.4 Å². The van der Waals surface area contributed by atoms with E-state index in [0.29, 0.717) is 19.0 Å². The first kappa shape index (κ1) is 21.5. The Hall–Kier alpha value is -4.03. The van der Waals surface area contributed by atoms with E-state index in [0.717, 1.165) is 48.0 Å². The molecule has 4 aromatic rings. The van der Waals surface area contributed by atoms with Gasteiger partial charge in [0.1, 0.15) is 5.82 Å². The number of benzene rings is 3. The number of ether oxygens (including phenoxy) is 1. The lowest BCUT2D eigenvalue weighted by atomic mass is 9.98. The first-order valence-electron chi connectivity index (χ1n) is 12.1. The summed E-state index contributed by atoms with van der Waals surface area (Å²) in [6, 6.07) is 33.3. The van der Waals surface area contributed by atoms with Gasteiger partial charge in [-0.05, 0) is 11.1 Å². The van der Waals surface area contributed by atoms with Crippen LogP contribution < -0.4 is 9.91 Å². The summed E-state index contributed by atoms with van der Waals surface area (Å²) in [6.07, 6.45) is 0.811. The van der Waals surface area contributed by atoms with Gasteiger partial charge in [0, 0.05) is 31.1 Å². The molecule has 2 aliphatic rings. The second kappa shape index (κ2) is 9.68. The molecule has 0 spiro atoms. The van der Waals surface area contributed by atoms with Gasteiger partial charge in [-0.25, -0.2) is 15.0 Å². The fourth-order valence-corrected chi connectivity index (χ4v) is 4.67. The van der Waals surface area contributed by atoms with Crippen LogP contribution in [0, 0.1) is 0 Å². The molecule has 6 rings (SSSR count). The average Bonchev–Trinajstić information content (AvgIpc) is 3.41. The van der Waals surface area contributed by atoms with Gasteiger partial charge in [0.2, 0.25) is 0 Å². The lowest BCUT2D eigenvalue weighted by Gasteiger charge is -2.29. The Morgan fingerprint density at radius 3 is 1.97 bits per heavy atom. The standard InChI is InChI=1S/C29H27N5O/c1-4-10-22(11-5-1)25-20-26(23-12-6-2-7-13-23)34(32-25)28-21-27(33-16-18-35-19-17-33)30-29(31-28)24-14-8-3-9-15-24/h1-15,21,26H,16-20H2/t26-/m0/s1. The van der Waals surface area contributed by atoms with Crippen molar-refractivity contribution in [3.63, 3.8) is 0 Å². The summed E-state index contributed by atoms with van der Waals surface area (Å²) in [6.45, 7) is 3.02. The van der Waals surface area contributed by atoms with E-state index in [2.05, 4.69) is 82.7 Å². The van der Waals surface area contributed by atoms with E-state index < -0.39 is 0 Å². The average molecular weight is 462 g/mol. The van der Waals surface area contributed by atoms with E-state index in [-0.39, 0.29) is 6.04 Å². The number of rotatable bonds is 5. The van der Waals surface area contributed by atoms with Crippen molar-refractivity contribution in [3.05, 3.63) is 108 Å². The quantitative estimate of drug-likeness (QED) is 0.402. The highest BCUT2D eigenvalue weighted by Crippen LogP contribution is 2.37. The third-order valence-corrected chi connectivity index (χ3v) is 6.50. The van der Waals surface area contributed by atoms with Crippen LogP contribution >= 0.6 is 0 Å². The van der Waals surface area contributed by atoms with Crippen molar-refractivity contribution in [1.29, 1.82) is 0 Å². The summed E-state index contributed by atoms with van der Waals surface area (Å²) in [5.41, 5.74) is 4.41. The van der Waals surface area contributed by atoms with Crippen molar-refractivity contribution < 1.29 is 4.74 Å². The SMILES string of the molecule is c1ccc(C2=NN(c3cc(N4CCOCC4)nc(-c4ccccc4)n3)[C@H](c3ccccc3)C2)cc1. The van der Waals surface area contributed by atoms with Gasteiger partial charge in [0.15, 0.2) is 11.6 Å². The van der Waals surface area contributed by atoms with E-state index >= 15 is 0 Å². The van der Waals surface area contributed by atoms with Crippen LogP contribution in [-0.2, 0) is 4.74 Å². The van der Waals surface area contributed by atoms with Gasteiger partial charge in [-0.1, -0.05) is 91.0 Å². The summed E-state index contributed by atoms with van der Waals surface area (Å²) in [7, 11) is 0. The summed E-state index contributed by atoms with van der Waals surface area (Å²) < 4.78 is 5.59. The molecule has 6 nitrogen and oxygen atoms in total. The zero-order valence-corrected chi connectivity index (χ0v) is 19.5. The number of nitrogens with zero attached hydrogens (tertiary/aromatic N) is 5. The molecule has 0 N–H and O–H groups in total. The molecule has 1 fully saturated rings. The summed E-state index contributed by atoms with van der Waals surface area (Å²) in [4.78, 5) is 12.3. The Balaban J connectivity index is 1.47. The van der Waals surface area contributed by atoms with E-state index in [9.17, 15) is 0 Å². The largest absolute Gasteiger partial charge is 0.378 e. The highest BCUT2D eigenvalue weighted by atomic mass is 16.5. The molecule has 0 unspecified atom stereocenters. The summed E-state index contributed by atoms with van der Waals surface area (Å²) in [5, 5.41) is 7.20. The molecule has 0 aliphatic carbocycles. The smallest absolute Gasteiger partial charge is 0.163 e. The number of hydrogen-bond donors (Lipinski definition) is 0. The molecule has 0 amide bonds. The minimum Gasteiger partial charge on any atom is -0.378 e. The molecule has 0 saturated carbocycles. The first-order chi connectivity index (χ1) is 17.3. The number of anilines is 2. The molecular formula is C29H27N5O. The van der Waals surface area contributed by atoms with Gasteiger partial charge in [0.05, 0.1) is 25.0 Å². The lowest BCUT2D eigenvalue weighted by molar-refractivity contribution is 0.122. The molecular weight excluding hydrogens is 434 g/mol. The van der Waals surface area contributed by atoms with Gasteiger partial charge in [0.25, 0.3) is 0 Å². The fourth-order valence-electron chi connectivity index (χ4n) is 4.67. The lowest BCUT2D eigenvalue weighted by Crippen LogP contribution is -2.37. The van der Waals surface area contributed by atoms with Gasteiger partial charge in [-0.3, -0.25) is 0 Å². The Bertz CT molecular complexity index is 1310. The van der Waals surface area contributed by atoms with Crippen LogP contribution in [0.2, 0.25) is 0 Å². The van der Waals surface area contributed by atoms with Crippen LogP contribution in [0.4, 0.5) is 11.6 Å². The van der Waals surface area contributed by atoms with Gasteiger partial charge in [-0.15, -0.1) is 0 Å². The molecule has 2 aliphatic heterocycles. The molecule has 1 aromatic heterocycles. The predicted molar refractivity (Wildman–Crippen MR) is 140 cm³/mol. The Labute approximate surface area is 205 Å². The maximum absolute atomic E-state index is 5.59. The highest BCUT2D eigenvalue weighted by molar-refractivity contribution is 6.03. The second-order valence-corrected chi connectivity index (χ2v) is 8.76. The molecule has 3 aromatic carbocycles. The zero-order chi connectivity index (χ0) is 23.5. The normalized spacial score (nSPS) is 17.9. The Kier molecular flexibility index (Phi) is 5.95. The predicted octanol–water partition coefficient (Wildman–Crippen LogP) is 5.34. The summed E-state index contributed by atoms with van der Waals surface area (Å²) in [5.74, 6) is 2.42. The van der Waals surface area contributed by atoms with E-state index in [1.54, 1.807) is 0 Å². The van der Waals surface area contributed by atoms with E-state index in [4.69, 9.17) is 19.8 Å². The van der Waals surface area contributed by atoms with Crippen molar-refractivity contribution in [2.75, 3.05) is 36.2 Å². The number of morpholine rings is 1. The Morgan fingerprint density at radius 2 is 1.29 bits per heavy atom. The molecule has 1 saturated heterocycles. The van der Waals surface area contributed by atoms with Gasteiger partial charge < -0.3 is 9.64 Å². The maximum atomic E-state index is 5.59. The minimum absolute atomic E-state index is 0.0578. The maximum Gasteiger partial charge on any atom is 0.163 e. The van der Waals surface area contributed by atoms with Crippen LogP contribution in [0.5, 0.6) is 0 Å². The molecule has 6 heteroatoms. The Morgan fingerprint density at radius 1 is 0.686 bits per heavy atom. The first-order valence-corrected chi connectivity index (χ1v) is 12.1. The van der Waals surface area contributed by atoms with Crippen LogP contribution in [-0.4, -0.2) is 42.0 Å². The third kappa shape index (κ3) is 4.53. The van der Waals surface area contributed by atoms with E-state index in [1.807, 2.05) is 24.3 Å². The molecule has 0 radical (unpaired) electrons. The number of hydrogen-bond acceptors (Lipinski definition) is 6. The molecule has 3 heterocycles. The molecule has 35 heavy (non-hydrogen) atoms. The third-order valence-electron chi connectivity index (χ3n) is 6.50. The van der Waals surface area contributed by atoms with E-state index in [1.165, 1.54) is 5.56 Å². The van der Waals surface area contributed by atoms with Crippen LogP contribution in [0.25, 0.3) is 11.4 Å². The van der Waals surface area contributed by atoms with Crippen molar-refractivity contribution in [2.24, 2.45) is 5.10 Å². The molecule has 1 atom stereocenters.